The minimum Gasteiger partial charge on any atom is -0.480 e. The van der Waals surface area contributed by atoms with E-state index in [1.807, 2.05) is 36.4 Å². The molecule has 3 atom stereocenters. The van der Waals surface area contributed by atoms with Crippen LogP contribution in [0.3, 0.4) is 0 Å². The topological polar surface area (TPSA) is 99.2 Å². The number of nitrogens with one attached hydrogen (secondary N) is 1. The summed E-state index contributed by atoms with van der Waals surface area (Å²) in [6.07, 6.45) is 1.37. The average Bonchev–Trinajstić information content (AvgIpc) is 3.40. The molecule has 1 saturated heterocycles. The van der Waals surface area contributed by atoms with Gasteiger partial charge in [-0.2, -0.15) is 0 Å². The normalized spacial score (nSPS) is 21.4. The molecule has 2 aromatic rings. The Labute approximate surface area is 195 Å². The maximum absolute atomic E-state index is 13.5. The van der Waals surface area contributed by atoms with Crippen LogP contribution in [-0.2, 0) is 27.8 Å². The lowest BCUT2D eigenvalue weighted by atomic mass is 10.0. The van der Waals surface area contributed by atoms with Crippen LogP contribution >= 0.6 is 0 Å². The second-order valence-corrected chi connectivity index (χ2v) is 10.8. The molecular weight excluding hydrogens is 442 g/mol. The number of likely N-dealkylation sites (tertiary alicyclic amines) is 1. The Morgan fingerprint density at radius 1 is 1.27 bits per heavy atom. The van der Waals surface area contributed by atoms with Gasteiger partial charge < -0.3 is 14.7 Å². The molecule has 2 heterocycles. The van der Waals surface area contributed by atoms with Gasteiger partial charge in [-0.15, -0.1) is 0 Å². The maximum Gasteiger partial charge on any atom is 0.264 e. The lowest BCUT2D eigenvalue weighted by molar-refractivity contribution is -0.139. The third-order valence-electron chi connectivity index (χ3n) is 6.29. The molecule has 0 unspecified atom stereocenters. The van der Waals surface area contributed by atoms with E-state index >= 15 is 0 Å². The molecule has 0 aromatic heterocycles. The van der Waals surface area contributed by atoms with Gasteiger partial charge in [-0.3, -0.25) is 9.69 Å². The number of benzene rings is 2. The summed E-state index contributed by atoms with van der Waals surface area (Å²) < 4.78 is 31.2. The number of β-amino-alcohol motifs (C(OH)–C–C–N with tert-alkyl or cyclic N) is 1. The van der Waals surface area contributed by atoms with Crippen molar-refractivity contribution >= 4 is 15.9 Å². The van der Waals surface area contributed by atoms with Gasteiger partial charge in [0.2, 0.25) is 10.0 Å². The summed E-state index contributed by atoms with van der Waals surface area (Å²) in [7, 11) is -1.48. The Balaban J connectivity index is 1.46. The lowest BCUT2D eigenvalue weighted by Crippen LogP contribution is -2.44. The predicted octanol–water partition coefficient (Wildman–Crippen LogP) is 1.31. The van der Waals surface area contributed by atoms with Crippen molar-refractivity contribution in [2.75, 3.05) is 32.9 Å². The Morgan fingerprint density at radius 3 is 2.70 bits per heavy atom. The predicted molar refractivity (Wildman–Crippen MR) is 125 cm³/mol. The van der Waals surface area contributed by atoms with Crippen LogP contribution in [0.5, 0.6) is 5.75 Å². The average molecular weight is 474 g/mol. The van der Waals surface area contributed by atoms with Crippen molar-refractivity contribution < 1.29 is 23.1 Å². The van der Waals surface area contributed by atoms with E-state index in [9.17, 15) is 18.3 Å². The number of hydrogen-bond acceptors (Lipinski definition) is 6. The first-order valence-corrected chi connectivity index (χ1v) is 13.0. The monoisotopic (exact) mass is 473 g/mol. The minimum absolute atomic E-state index is 0.101. The van der Waals surface area contributed by atoms with E-state index in [-0.39, 0.29) is 24.6 Å². The van der Waals surface area contributed by atoms with Gasteiger partial charge in [0.15, 0.2) is 6.10 Å². The van der Waals surface area contributed by atoms with Gasteiger partial charge in [-0.05, 0) is 29.2 Å². The molecule has 9 heteroatoms. The number of aliphatic hydroxyl groups is 1. The van der Waals surface area contributed by atoms with E-state index in [4.69, 9.17) is 4.74 Å². The van der Waals surface area contributed by atoms with Crippen molar-refractivity contribution in [2.24, 2.45) is 0 Å². The first kappa shape index (κ1) is 23.7. The van der Waals surface area contributed by atoms with Gasteiger partial charge in [0.05, 0.1) is 18.4 Å². The first-order valence-electron chi connectivity index (χ1n) is 11.1. The third kappa shape index (κ3) is 5.92. The number of amides is 1. The zero-order valence-electron chi connectivity index (χ0n) is 19.0. The molecule has 2 aromatic carbocycles. The SMILES string of the molecule is CN(C(=O)[C@@H]1Cc2cc(CNS(C)(=O)=O)ccc2O1)[C@H](CN1CC[C@H](O)C1)c1ccccc1. The molecule has 2 aliphatic rings. The van der Waals surface area contributed by atoms with Gasteiger partial charge >= 0.3 is 0 Å². The number of aliphatic hydroxyl groups excluding tert-OH is 1. The van der Waals surface area contributed by atoms with E-state index in [2.05, 4.69) is 9.62 Å². The van der Waals surface area contributed by atoms with Crippen molar-refractivity contribution in [3.05, 3.63) is 65.2 Å². The highest BCUT2D eigenvalue weighted by Gasteiger charge is 2.35. The Kier molecular flexibility index (Phi) is 7.04. The number of sulfonamides is 1. The molecule has 0 spiro atoms. The molecule has 1 fully saturated rings. The molecule has 0 saturated carbocycles. The van der Waals surface area contributed by atoms with Crippen molar-refractivity contribution in [3.8, 4) is 5.75 Å². The van der Waals surface area contributed by atoms with Crippen LogP contribution in [0.15, 0.2) is 48.5 Å². The van der Waals surface area contributed by atoms with Gasteiger partial charge in [0.25, 0.3) is 5.91 Å². The molecule has 1 amide bonds. The number of carbonyl (C=O) groups excluding carboxylic acids is 1. The highest BCUT2D eigenvalue weighted by atomic mass is 32.2. The summed E-state index contributed by atoms with van der Waals surface area (Å²) in [5.74, 6) is 0.555. The fourth-order valence-corrected chi connectivity index (χ4v) is 4.92. The van der Waals surface area contributed by atoms with Crippen molar-refractivity contribution in [1.29, 1.82) is 0 Å². The Hall–Kier alpha value is -2.46. The first-order chi connectivity index (χ1) is 15.7. The van der Waals surface area contributed by atoms with E-state index < -0.39 is 16.1 Å². The smallest absolute Gasteiger partial charge is 0.264 e. The van der Waals surface area contributed by atoms with Crippen LogP contribution in [0.25, 0.3) is 0 Å². The summed E-state index contributed by atoms with van der Waals surface area (Å²) in [6.45, 7) is 2.26. The summed E-state index contributed by atoms with van der Waals surface area (Å²) in [5, 5.41) is 9.93. The number of fused-ring (bicyclic) bond motifs is 1. The number of hydrogen-bond donors (Lipinski definition) is 2. The number of likely N-dealkylation sites (N-methyl/N-ethyl adjacent to an activating group) is 1. The number of rotatable bonds is 8. The quantitative estimate of drug-likeness (QED) is 0.600. The largest absolute Gasteiger partial charge is 0.480 e. The summed E-state index contributed by atoms with van der Waals surface area (Å²) in [5.41, 5.74) is 2.76. The third-order valence-corrected chi connectivity index (χ3v) is 6.96. The van der Waals surface area contributed by atoms with Gasteiger partial charge in [0, 0.05) is 39.6 Å². The molecular formula is C24H31N3O5S. The van der Waals surface area contributed by atoms with Crippen LogP contribution in [-0.4, -0.2) is 74.4 Å². The molecule has 4 rings (SSSR count). The van der Waals surface area contributed by atoms with Gasteiger partial charge in [-0.1, -0.05) is 42.5 Å². The molecule has 33 heavy (non-hydrogen) atoms. The standard InChI is InChI=1S/C24H31N3O5S/c1-26(21(18-6-4-3-5-7-18)16-27-11-10-20(28)15-27)24(29)23-13-19-12-17(8-9-22(19)32-23)14-25-33(2,30)31/h3-9,12,20-21,23,25,28H,10-11,13-16H2,1-2H3/t20-,21+,23-/m0/s1. The number of nitrogens with zero attached hydrogens (tertiary/aromatic N) is 2. The number of ether oxygens (including phenoxy) is 1. The fourth-order valence-electron chi connectivity index (χ4n) is 4.49. The lowest BCUT2D eigenvalue weighted by Gasteiger charge is -2.33. The van der Waals surface area contributed by atoms with E-state index in [1.54, 1.807) is 24.1 Å². The van der Waals surface area contributed by atoms with E-state index in [0.29, 0.717) is 25.3 Å². The summed E-state index contributed by atoms with van der Waals surface area (Å²) in [6, 6.07) is 15.3. The van der Waals surface area contributed by atoms with Gasteiger partial charge in [-0.25, -0.2) is 13.1 Å². The van der Waals surface area contributed by atoms with Crippen LogP contribution in [0.4, 0.5) is 0 Å². The Bertz CT molecular complexity index is 1090. The second kappa shape index (κ2) is 9.80. The van der Waals surface area contributed by atoms with E-state index in [1.165, 1.54) is 0 Å². The Morgan fingerprint density at radius 2 is 2.03 bits per heavy atom. The molecule has 2 N–H and O–H groups in total. The van der Waals surface area contributed by atoms with E-state index in [0.717, 1.165) is 35.9 Å². The zero-order valence-corrected chi connectivity index (χ0v) is 19.8. The van der Waals surface area contributed by atoms with Crippen molar-refractivity contribution in [1.82, 2.24) is 14.5 Å². The highest BCUT2D eigenvalue weighted by molar-refractivity contribution is 7.88. The van der Waals surface area contributed by atoms with Crippen molar-refractivity contribution in [3.63, 3.8) is 0 Å². The van der Waals surface area contributed by atoms with Crippen LogP contribution in [0.1, 0.15) is 29.2 Å². The van der Waals surface area contributed by atoms with Gasteiger partial charge in [0.1, 0.15) is 5.75 Å². The molecule has 0 aliphatic carbocycles. The molecule has 0 bridgehead atoms. The molecule has 178 valence electrons. The summed E-state index contributed by atoms with van der Waals surface area (Å²) in [4.78, 5) is 17.4. The minimum atomic E-state index is -3.28. The highest BCUT2D eigenvalue weighted by Crippen LogP contribution is 2.32. The van der Waals surface area contributed by atoms with Crippen LogP contribution < -0.4 is 9.46 Å². The van der Waals surface area contributed by atoms with Crippen molar-refractivity contribution in [2.45, 2.75) is 37.6 Å². The second-order valence-electron chi connectivity index (χ2n) is 8.92. The summed E-state index contributed by atoms with van der Waals surface area (Å²) >= 11 is 0. The fraction of sp³-hybridized carbons (Fsp3) is 0.458. The molecule has 8 nitrogen and oxygen atoms in total. The van der Waals surface area contributed by atoms with Crippen LogP contribution in [0, 0.1) is 0 Å². The zero-order chi connectivity index (χ0) is 23.6. The number of carbonyl (C=O) groups is 1. The molecule has 2 aliphatic heterocycles. The molecule has 0 radical (unpaired) electrons. The maximum atomic E-state index is 13.5. The van der Waals surface area contributed by atoms with Crippen LogP contribution in [0.2, 0.25) is 0 Å².